The van der Waals surface area contributed by atoms with Crippen molar-refractivity contribution in [2.45, 2.75) is 46.0 Å². The number of aryl methyl sites for hydroxylation is 1. The molecule has 1 aliphatic carbocycles. The molecule has 0 spiro atoms. The zero-order valence-corrected chi connectivity index (χ0v) is 15.9. The monoisotopic (exact) mass is 345 g/mol. The number of rotatable bonds is 5. The number of nitrogens with one attached hydrogen (secondary N) is 2. The molecule has 3 amide bonds. The highest BCUT2D eigenvalue weighted by atomic mass is 16.2. The van der Waals surface area contributed by atoms with Crippen molar-refractivity contribution in [1.29, 1.82) is 0 Å². The van der Waals surface area contributed by atoms with Crippen LogP contribution in [0.4, 0.5) is 10.5 Å². The molecule has 0 atom stereocenters. The molecule has 0 saturated heterocycles. The van der Waals surface area contributed by atoms with Crippen molar-refractivity contribution in [3.8, 4) is 0 Å². The van der Waals surface area contributed by atoms with E-state index in [0.29, 0.717) is 17.2 Å². The van der Waals surface area contributed by atoms with Gasteiger partial charge in [-0.2, -0.15) is 0 Å². The Balaban J connectivity index is 1.88. The van der Waals surface area contributed by atoms with Gasteiger partial charge in [-0.25, -0.2) is 4.79 Å². The number of carbonyl (C=O) groups is 2. The standard InChI is InChI=1S/C20H31N3O2/c1-5-15-7-9-16(10-8-15)13-21-20(25)22-18-12-17(11-6-14(18)2)19(24)23(3)4/h6,11-12,15-16H,5,7-10,13H2,1-4H3,(H2,21,22,25). The Morgan fingerprint density at radius 2 is 1.76 bits per heavy atom. The summed E-state index contributed by atoms with van der Waals surface area (Å²) in [6.45, 7) is 4.90. The van der Waals surface area contributed by atoms with Gasteiger partial charge in [0.25, 0.3) is 5.91 Å². The number of benzene rings is 1. The van der Waals surface area contributed by atoms with Crippen LogP contribution in [-0.4, -0.2) is 37.5 Å². The van der Waals surface area contributed by atoms with E-state index in [2.05, 4.69) is 17.6 Å². The van der Waals surface area contributed by atoms with Crippen LogP contribution in [-0.2, 0) is 0 Å². The van der Waals surface area contributed by atoms with Gasteiger partial charge in [0.15, 0.2) is 0 Å². The van der Waals surface area contributed by atoms with Crippen LogP contribution < -0.4 is 10.6 Å². The van der Waals surface area contributed by atoms with Crippen molar-refractivity contribution in [3.63, 3.8) is 0 Å². The highest BCUT2D eigenvalue weighted by molar-refractivity contribution is 5.97. The zero-order chi connectivity index (χ0) is 18.4. The molecule has 0 radical (unpaired) electrons. The van der Waals surface area contributed by atoms with Gasteiger partial charge in [-0.3, -0.25) is 4.79 Å². The molecule has 1 fully saturated rings. The second-order valence-corrected chi connectivity index (χ2v) is 7.36. The molecule has 5 nitrogen and oxygen atoms in total. The van der Waals surface area contributed by atoms with E-state index in [1.807, 2.05) is 13.0 Å². The lowest BCUT2D eigenvalue weighted by molar-refractivity contribution is 0.0827. The summed E-state index contributed by atoms with van der Waals surface area (Å²) in [5, 5.41) is 5.87. The van der Waals surface area contributed by atoms with Crippen LogP contribution in [0.15, 0.2) is 18.2 Å². The summed E-state index contributed by atoms with van der Waals surface area (Å²) >= 11 is 0. The van der Waals surface area contributed by atoms with E-state index in [1.54, 1.807) is 26.2 Å². The maximum atomic E-state index is 12.2. The van der Waals surface area contributed by atoms with Crippen molar-refractivity contribution in [3.05, 3.63) is 29.3 Å². The Morgan fingerprint density at radius 3 is 2.36 bits per heavy atom. The molecule has 25 heavy (non-hydrogen) atoms. The fraction of sp³-hybridized carbons (Fsp3) is 0.600. The first-order chi connectivity index (χ1) is 11.9. The van der Waals surface area contributed by atoms with E-state index < -0.39 is 0 Å². The first-order valence-corrected chi connectivity index (χ1v) is 9.27. The molecule has 1 aromatic rings. The smallest absolute Gasteiger partial charge is 0.319 e. The zero-order valence-electron chi connectivity index (χ0n) is 15.9. The molecule has 1 aromatic carbocycles. The van der Waals surface area contributed by atoms with Gasteiger partial charge in [0.1, 0.15) is 0 Å². The molecule has 0 bridgehead atoms. The number of nitrogens with zero attached hydrogens (tertiary/aromatic N) is 1. The van der Waals surface area contributed by atoms with Gasteiger partial charge in [-0.05, 0) is 49.3 Å². The van der Waals surface area contributed by atoms with Crippen molar-refractivity contribution in [2.75, 3.05) is 26.0 Å². The van der Waals surface area contributed by atoms with Crippen molar-refractivity contribution >= 4 is 17.6 Å². The average molecular weight is 345 g/mol. The minimum absolute atomic E-state index is 0.0730. The van der Waals surface area contributed by atoms with Crippen LogP contribution in [0.25, 0.3) is 0 Å². The van der Waals surface area contributed by atoms with Crippen LogP contribution in [0.3, 0.4) is 0 Å². The summed E-state index contributed by atoms with van der Waals surface area (Å²) in [6.07, 6.45) is 6.22. The number of urea groups is 1. The topological polar surface area (TPSA) is 61.4 Å². The molecule has 2 N–H and O–H groups in total. The van der Waals surface area contributed by atoms with Gasteiger partial charge in [-0.1, -0.05) is 32.3 Å². The molecule has 1 saturated carbocycles. The predicted molar refractivity (Wildman–Crippen MR) is 102 cm³/mol. The summed E-state index contributed by atoms with van der Waals surface area (Å²) in [5.41, 5.74) is 2.19. The lowest BCUT2D eigenvalue weighted by Gasteiger charge is -2.27. The van der Waals surface area contributed by atoms with E-state index in [9.17, 15) is 9.59 Å². The normalized spacial score (nSPS) is 20.0. The minimum Gasteiger partial charge on any atom is -0.345 e. The molecule has 0 aromatic heterocycles. The minimum atomic E-state index is -0.199. The number of anilines is 1. The van der Waals surface area contributed by atoms with Crippen molar-refractivity contribution < 1.29 is 9.59 Å². The SMILES string of the molecule is CCC1CCC(CNC(=O)Nc2cc(C(=O)N(C)C)ccc2C)CC1. The Bertz CT molecular complexity index is 605. The first-order valence-electron chi connectivity index (χ1n) is 9.27. The quantitative estimate of drug-likeness (QED) is 0.846. The summed E-state index contributed by atoms with van der Waals surface area (Å²) in [6, 6.07) is 5.19. The Labute approximate surface area is 151 Å². The third-order valence-electron chi connectivity index (χ3n) is 5.23. The number of hydrogen-bond donors (Lipinski definition) is 2. The molecule has 1 aliphatic rings. The summed E-state index contributed by atoms with van der Waals surface area (Å²) in [7, 11) is 3.44. The van der Waals surface area contributed by atoms with Crippen molar-refractivity contribution in [2.24, 2.45) is 11.8 Å². The van der Waals surface area contributed by atoms with E-state index in [0.717, 1.165) is 18.0 Å². The van der Waals surface area contributed by atoms with Crippen molar-refractivity contribution in [1.82, 2.24) is 10.2 Å². The molecule has 0 heterocycles. The molecular formula is C20H31N3O2. The van der Waals surface area contributed by atoms with E-state index in [4.69, 9.17) is 0 Å². The molecule has 138 valence electrons. The second kappa shape index (κ2) is 8.88. The van der Waals surface area contributed by atoms with E-state index in [-0.39, 0.29) is 11.9 Å². The van der Waals surface area contributed by atoms with Gasteiger partial charge in [0.05, 0.1) is 0 Å². The number of amides is 3. The maximum absolute atomic E-state index is 12.2. The highest BCUT2D eigenvalue weighted by Crippen LogP contribution is 2.30. The maximum Gasteiger partial charge on any atom is 0.319 e. The van der Waals surface area contributed by atoms with Gasteiger partial charge in [0.2, 0.25) is 0 Å². The summed E-state index contributed by atoms with van der Waals surface area (Å²) in [5.74, 6) is 1.37. The van der Waals surface area contributed by atoms with Gasteiger partial charge >= 0.3 is 6.03 Å². The molecule has 5 heteroatoms. The highest BCUT2D eigenvalue weighted by Gasteiger charge is 2.20. The Morgan fingerprint density at radius 1 is 1.12 bits per heavy atom. The Hall–Kier alpha value is -2.04. The van der Waals surface area contributed by atoms with Gasteiger partial charge in [-0.15, -0.1) is 0 Å². The first kappa shape index (κ1) is 19.3. The number of hydrogen-bond acceptors (Lipinski definition) is 2. The third-order valence-corrected chi connectivity index (χ3v) is 5.23. The molecule has 2 rings (SSSR count). The number of carbonyl (C=O) groups excluding carboxylic acids is 2. The average Bonchev–Trinajstić information content (AvgIpc) is 2.61. The van der Waals surface area contributed by atoms with Crippen LogP contribution in [0.5, 0.6) is 0 Å². The second-order valence-electron chi connectivity index (χ2n) is 7.36. The van der Waals surface area contributed by atoms with Crippen LogP contribution in [0, 0.1) is 18.8 Å². The predicted octanol–water partition coefficient (Wildman–Crippen LogP) is 4.03. The lowest BCUT2D eigenvalue weighted by Crippen LogP contribution is -2.34. The summed E-state index contributed by atoms with van der Waals surface area (Å²) < 4.78 is 0. The van der Waals surface area contributed by atoms with Gasteiger partial charge < -0.3 is 15.5 Å². The Kier molecular flexibility index (Phi) is 6.85. The lowest BCUT2D eigenvalue weighted by atomic mass is 9.81. The molecule has 0 aliphatic heterocycles. The largest absolute Gasteiger partial charge is 0.345 e. The van der Waals surface area contributed by atoms with Gasteiger partial charge in [0, 0.05) is 31.9 Å². The molecule has 0 unspecified atom stereocenters. The molecular weight excluding hydrogens is 314 g/mol. The van der Waals surface area contributed by atoms with E-state index in [1.165, 1.54) is 37.0 Å². The van der Waals surface area contributed by atoms with Crippen LogP contribution >= 0.6 is 0 Å². The summed E-state index contributed by atoms with van der Waals surface area (Å²) in [4.78, 5) is 25.8. The van der Waals surface area contributed by atoms with Crippen LogP contribution in [0.1, 0.15) is 54.9 Å². The fourth-order valence-electron chi connectivity index (χ4n) is 3.40. The van der Waals surface area contributed by atoms with Crippen LogP contribution in [0.2, 0.25) is 0 Å². The van der Waals surface area contributed by atoms with E-state index >= 15 is 0 Å². The third kappa shape index (κ3) is 5.48. The fourth-order valence-corrected chi connectivity index (χ4v) is 3.40.